The molecule has 0 unspecified atom stereocenters. The normalized spacial score (nSPS) is 15.0. The molecule has 0 aliphatic heterocycles. The first-order chi connectivity index (χ1) is 7.29. The number of nitrogens with two attached hydrogens (primary N) is 1. The molecule has 0 saturated heterocycles. The van der Waals surface area contributed by atoms with E-state index in [0.29, 0.717) is 13.1 Å². The SMILES string of the molecule is NCc1ccc(CNC(=O)C2CC2)cc1. The molecule has 0 atom stereocenters. The summed E-state index contributed by atoms with van der Waals surface area (Å²) in [6, 6.07) is 8.02. The Morgan fingerprint density at radius 3 is 2.40 bits per heavy atom. The maximum absolute atomic E-state index is 11.4. The molecule has 1 saturated carbocycles. The Balaban J connectivity index is 1.84. The van der Waals surface area contributed by atoms with Gasteiger partial charge in [0.1, 0.15) is 0 Å². The minimum Gasteiger partial charge on any atom is -0.352 e. The third-order valence-corrected chi connectivity index (χ3v) is 2.67. The van der Waals surface area contributed by atoms with Crippen molar-refractivity contribution < 1.29 is 4.79 Å². The fourth-order valence-corrected chi connectivity index (χ4v) is 1.47. The highest BCUT2D eigenvalue weighted by Gasteiger charge is 2.29. The van der Waals surface area contributed by atoms with Crippen LogP contribution in [-0.4, -0.2) is 5.91 Å². The average Bonchev–Trinajstić information content (AvgIpc) is 3.10. The van der Waals surface area contributed by atoms with Gasteiger partial charge in [-0.1, -0.05) is 24.3 Å². The van der Waals surface area contributed by atoms with Crippen molar-refractivity contribution in [1.29, 1.82) is 0 Å². The highest BCUT2D eigenvalue weighted by molar-refractivity contribution is 5.80. The molecule has 80 valence electrons. The van der Waals surface area contributed by atoms with Gasteiger partial charge in [0.05, 0.1) is 0 Å². The Kier molecular flexibility index (Phi) is 3.02. The number of amides is 1. The van der Waals surface area contributed by atoms with Crippen molar-refractivity contribution in [3.8, 4) is 0 Å². The lowest BCUT2D eigenvalue weighted by atomic mass is 10.1. The molecule has 1 aromatic rings. The molecule has 0 aromatic heterocycles. The van der Waals surface area contributed by atoms with E-state index in [2.05, 4.69) is 5.32 Å². The summed E-state index contributed by atoms with van der Waals surface area (Å²) in [6.07, 6.45) is 2.11. The molecule has 2 rings (SSSR count). The molecule has 0 radical (unpaired) electrons. The second-order valence-electron chi connectivity index (χ2n) is 4.01. The maximum atomic E-state index is 11.4. The van der Waals surface area contributed by atoms with Crippen LogP contribution in [0, 0.1) is 5.92 Å². The lowest BCUT2D eigenvalue weighted by molar-refractivity contribution is -0.122. The van der Waals surface area contributed by atoms with E-state index in [0.717, 1.165) is 24.0 Å². The van der Waals surface area contributed by atoms with Crippen LogP contribution in [-0.2, 0) is 17.9 Å². The molecule has 1 aromatic carbocycles. The van der Waals surface area contributed by atoms with Crippen molar-refractivity contribution in [1.82, 2.24) is 5.32 Å². The summed E-state index contributed by atoms with van der Waals surface area (Å²) < 4.78 is 0. The Morgan fingerprint density at radius 2 is 1.87 bits per heavy atom. The van der Waals surface area contributed by atoms with Crippen LogP contribution in [0.4, 0.5) is 0 Å². The van der Waals surface area contributed by atoms with E-state index < -0.39 is 0 Å². The van der Waals surface area contributed by atoms with Gasteiger partial charge < -0.3 is 11.1 Å². The van der Waals surface area contributed by atoms with Crippen LogP contribution in [0.25, 0.3) is 0 Å². The quantitative estimate of drug-likeness (QED) is 0.773. The summed E-state index contributed by atoms with van der Waals surface area (Å²) in [5.41, 5.74) is 7.74. The van der Waals surface area contributed by atoms with E-state index in [1.54, 1.807) is 0 Å². The molecular weight excluding hydrogens is 188 g/mol. The van der Waals surface area contributed by atoms with Crippen molar-refractivity contribution in [2.45, 2.75) is 25.9 Å². The molecule has 0 heterocycles. The Bertz CT molecular complexity index is 341. The molecule has 0 spiro atoms. The summed E-state index contributed by atoms with van der Waals surface area (Å²) >= 11 is 0. The Labute approximate surface area is 89.7 Å². The molecule has 3 nitrogen and oxygen atoms in total. The Morgan fingerprint density at radius 1 is 1.27 bits per heavy atom. The fourth-order valence-electron chi connectivity index (χ4n) is 1.47. The second kappa shape index (κ2) is 4.45. The summed E-state index contributed by atoms with van der Waals surface area (Å²) in [5.74, 6) is 0.478. The molecule has 1 aliphatic rings. The largest absolute Gasteiger partial charge is 0.352 e. The van der Waals surface area contributed by atoms with E-state index in [1.807, 2.05) is 24.3 Å². The van der Waals surface area contributed by atoms with Crippen LogP contribution in [0.3, 0.4) is 0 Å². The van der Waals surface area contributed by atoms with Gasteiger partial charge in [0.25, 0.3) is 0 Å². The van der Waals surface area contributed by atoms with Crippen LogP contribution in [0.5, 0.6) is 0 Å². The van der Waals surface area contributed by atoms with E-state index in [4.69, 9.17) is 5.73 Å². The number of hydrogen-bond acceptors (Lipinski definition) is 2. The molecule has 3 heteroatoms. The molecular formula is C12H16N2O. The number of benzene rings is 1. The topological polar surface area (TPSA) is 55.1 Å². The van der Waals surface area contributed by atoms with Crippen LogP contribution < -0.4 is 11.1 Å². The summed E-state index contributed by atoms with van der Waals surface area (Å²) in [7, 11) is 0. The number of carbonyl (C=O) groups is 1. The average molecular weight is 204 g/mol. The first-order valence-electron chi connectivity index (χ1n) is 5.35. The highest BCUT2D eigenvalue weighted by atomic mass is 16.2. The van der Waals surface area contributed by atoms with E-state index >= 15 is 0 Å². The second-order valence-corrected chi connectivity index (χ2v) is 4.01. The summed E-state index contributed by atoms with van der Waals surface area (Å²) in [5, 5.41) is 2.93. The van der Waals surface area contributed by atoms with Crippen molar-refractivity contribution in [3.63, 3.8) is 0 Å². The van der Waals surface area contributed by atoms with Crippen LogP contribution in [0.15, 0.2) is 24.3 Å². The van der Waals surface area contributed by atoms with Gasteiger partial charge in [-0.2, -0.15) is 0 Å². The summed E-state index contributed by atoms with van der Waals surface area (Å²) in [6.45, 7) is 1.19. The molecule has 3 N–H and O–H groups in total. The molecule has 1 amide bonds. The number of carbonyl (C=O) groups excluding carboxylic acids is 1. The van der Waals surface area contributed by atoms with Gasteiger partial charge in [-0.3, -0.25) is 4.79 Å². The predicted molar refractivity (Wildman–Crippen MR) is 58.9 cm³/mol. The molecule has 0 bridgehead atoms. The zero-order valence-corrected chi connectivity index (χ0v) is 8.70. The first-order valence-corrected chi connectivity index (χ1v) is 5.35. The van der Waals surface area contributed by atoms with E-state index in [9.17, 15) is 4.79 Å². The lowest BCUT2D eigenvalue weighted by Gasteiger charge is -2.04. The van der Waals surface area contributed by atoms with Gasteiger partial charge in [-0.25, -0.2) is 0 Å². The third-order valence-electron chi connectivity index (χ3n) is 2.67. The zero-order chi connectivity index (χ0) is 10.7. The lowest BCUT2D eigenvalue weighted by Crippen LogP contribution is -2.24. The molecule has 1 fully saturated rings. The van der Waals surface area contributed by atoms with E-state index in [-0.39, 0.29) is 11.8 Å². The summed E-state index contributed by atoms with van der Waals surface area (Å²) in [4.78, 5) is 11.4. The van der Waals surface area contributed by atoms with Gasteiger partial charge in [0.2, 0.25) is 5.91 Å². The maximum Gasteiger partial charge on any atom is 0.223 e. The van der Waals surface area contributed by atoms with E-state index in [1.165, 1.54) is 0 Å². The zero-order valence-electron chi connectivity index (χ0n) is 8.70. The Hall–Kier alpha value is -1.35. The minimum atomic E-state index is 0.193. The predicted octanol–water partition coefficient (Wildman–Crippen LogP) is 1.17. The van der Waals surface area contributed by atoms with Gasteiger partial charge in [-0.05, 0) is 24.0 Å². The number of rotatable bonds is 4. The van der Waals surface area contributed by atoms with Crippen LogP contribution >= 0.6 is 0 Å². The third kappa shape index (κ3) is 2.80. The standard InChI is InChI=1S/C12H16N2O/c13-7-9-1-3-10(4-2-9)8-14-12(15)11-5-6-11/h1-4,11H,5-8,13H2,(H,14,15). The van der Waals surface area contributed by atoms with Crippen molar-refractivity contribution >= 4 is 5.91 Å². The monoisotopic (exact) mass is 204 g/mol. The van der Waals surface area contributed by atoms with Crippen LogP contribution in [0.1, 0.15) is 24.0 Å². The number of hydrogen-bond donors (Lipinski definition) is 2. The van der Waals surface area contributed by atoms with Gasteiger partial charge in [-0.15, -0.1) is 0 Å². The molecule has 15 heavy (non-hydrogen) atoms. The van der Waals surface area contributed by atoms with Crippen molar-refractivity contribution in [3.05, 3.63) is 35.4 Å². The van der Waals surface area contributed by atoms with Gasteiger partial charge in [0.15, 0.2) is 0 Å². The highest BCUT2D eigenvalue weighted by Crippen LogP contribution is 2.28. The molecule has 1 aliphatic carbocycles. The number of nitrogens with one attached hydrogen (secondary N) is 1. The van der Waals surface area contributed by atoms with Gasteiger partial charge >= 0.3 is 0 Å². The first kappa shape index (κ1) is 10.2. The fraction of sp³-hybridized carbons (Fsp3) is 0.417. The smallest absolute Gasteiger partial charge is 0.223 e. The minimum absolute atomic E-state index is 0.193. The van der Waals surface area contributed by atoms with Crippen LogP contribution in [0.2, 0.25) is 0 Å². The van der Waals surface area contributed by atoms with Crippen molar-refractivity contribution in [2.24, 2.45) is 11.7 Å². The van der Waals surface area contributed by atoms with Gasteiger partial charge in [0, 0.05) is 19.0 Å². The van der Waals surface area contributed by atoms with Crippen molar-refractivity contribution in [2.75, 3.05) is 0 Å².